The molecule has 0 saturated carbocycles. The molecular weight excluding hydrogens is 342 g/mol. The van der Waals surface area contributed by atoms with Crippen molar-refractivity contribution in [1.29, 1.82) is 0 Å². The number of nitrogens with zero attached hydrogens (tertiary/aromatic N) is 2. The third-order valence-electron chi connectivity index (χ3n) is 5.39. The molecule has 6 heteroatoms. The Hall–Kier alpha value is -2.73. The molecule has 1 fully saturated rings. The lowest BCUT2D eigenvalue weighted by Crippen LogP contribution is -2.54. The van der Waals surface area contributed by atoms with E-state index < -0.39 is 10.5 Å². The second-order valence-electron chi connectivity index (χ2n) is 6.94. The zero-order valence-electron chi connectivity index (χ0n) is 15.6. The first-order chi connectivity index (χ1) is 13.1. The van der Waals surface area contributed by atoms with E-state index in [2.05, 4.69) is 17.4 Å². The molecule has 2 aromatic rings. The highest BCUT2D eigenvalue weighted by atomic mass is 16.6. The van der Waals surface area contributed by atoms with Crippen molar-refractivity contribution in [2.24, 2.45) is 0 Å². The molecule has 1 amide bonds. The first-order valence-corrected chi connectivity index (χ1v) is 9.34. The van der Waals surface area contributed by atoms with Crippen molar-refractivity contribution in [1.82, 2.24) is 10.2 Å². The first-order valence-electron chi connectivity index (χ1n) is 9.34. The van der Waals surface area contributed by atoms with Gasteiger partial charge >= 0.3 is 0 Å². The maximum absolute atomic E-state index is 13.5. The molecule has 1 N–H and O–H groups in total. The minimum Gasteiger partial charge on any atom is -0.341 e. The lowest BCUT2D eigenvalue weighted by Gasteiger charge is -2.36. The van der Waals surface area contributed by atoms with E-state index >= 15 is 0 Å². The smallest absolute Gasteiger partial charge is 0.269 e. The number of hydrogen-bond acceptors (Lipinski definition) is 4. The second kappa shape index (κ2) is 8.31. The third-order valence-corrected chi connectivity index (χ3v) is 5.39. The summed E-state index contributed by atoms with van der Waals surface area (Å²) in [6.07, 6.45) is 3.36. The van der Waals surface area contributed by atoms with Crippen LogP contribution in [0.3, 0.4) is 0 Å². The van der Waals surface area contributed by atoms with E-state index in [0.29, 0.717) is 6.42 Å². The topological polar surface area (TPSA) is 75.5 Å². The molecule has 1 aliphatic heterocycles. The molecule has 0 radical (unpaired) electrons. The normalized spacial score (nSPS) is 16.1. The van der Waals surface area contributed by atoms with Gasteiger partial charge in [0, 0.05) is 25.2 Å². The van der Waals surface area contributed by atoms with Crippen molar-refractivity contribution in [3.8, 4) is 0 Å². The number of likely N-dealkylation sites (tertiary alicyclic amines) is 1. The Kier molecular flexibility index (Phi) is 5.86. The van der Waals surface area contributed by atoms with Gasteiger partial charge in [0.1, 0.15) is 5.54 Å². The van der Waals surface area contributed by atoms with Gasteiger partial charge in [-0.15, -0.1) is 0 Å². The zero-order chi connectivity index (χ0) is 19.3. The number of nitro benzene ring substituents is 1. The molecule has 0 aliphatic carbocycles. The van der Waals surface area contributed by atoms with Crippen LogP contribution in [0.4, 0.5) is 5.69 Å². The van der Waals surface area contributed by atoms with Crippen LogP contribution in [0.25, 0.3) is 0 Å². The van der Waals surface area contributed by atoms with Crippen LogP contribution in [0.5, 0.6) is 0 Å². The molecule has 27 heavy (non-hydrogen) atoms. The van der Waals surface area contributed by atoms with E-state index in [1.807, 2.05) is 23.1 Å². The van der Waals surface area contributed by atoms with Crippen molar-refractivity contribution in [2.75, 3.05) is 20.1 Å². The van der Waals surface area contributed by atoms with Crippen molar-refractivity contribution >= 4 is 11.6 Å². The fraction of sp³-hybridized carbons (Fsp3) is 0.381. The van der Waals surface area contributed by atoms with Crippen LogP contribution in [-0.4, -0.2) is 35.9 Å². The molecule has 2 aromatic carbocycles. The average molecular weight is 367 g/mol. The van der Waals surface area contributed by atoms with Crippen molar-refractivity contribution in [2.45, 2.75) is 31.2 Å². The Bertz CT molecular complexity index is 786. The summed E-state index contributed by atoms with van der Waals surface area (Å²) in [6.45, 7) is 1.53. The largest absolute Gasteiger partial charge is 0.341 e. The molecule has 0 spiro atoms. The Morgan fingerprint density at radius 1 is 1.11 bits per heavy atom. The van der Waals surface area contributed by atoms with Gasteiger partial charge in [0.2, 0.25) is 5.91 Å². The summed E-state index contributed by atoms with van der Waals surface area (Å²) < 4.78 is 0. The Balaban J connectivity index is 1.95. The molecule has 1 aliphatic rings. The maximum atomic E-state index is 13.5. The lowest BCUT2D eigenvalue weighted by molar-refractivity contribution is -0.384. The van der Waals surface area contributed by atoms with Crippen molar-refractivity contribution in [3.63, 3.8) is 0 Å². The van der Waals surface area contributed by atoms with Crippen LogP contribution in [0.1, 0.15) is 30.4 Å². The maximum Gasteiger partial charge on any atom is 0.269 e. The number of nitrogens with one attached hydrogen (secondary N) is 1. The van der Waals surface area contributed by atoms with Gasteiger partial charge in [-0.1, -0.05) is 30.3 Å². The molecule has 142 valence electrons. The number of carbonyl (C=O) groups is 1. The van der Waals surface area contributed by atoms with E-state index in [1.54, 1.807) is 19.2 Å². The summed E-state index contributed by atoms with van der Waals surface area (Å²) in [4.78, 5) is 26.0. The predicted molar refractivity (Wildman–Crippen MR) is 104 cm³/mol. The average Bonchev–Trinajstić information content (AvgIpc) is 3.24. The van der Waals surface area contributed by atoms with Gasteiger partial charge in [-0.05, 0) is 56.0 Å². The predicted octanol–water partition coefficient (Wildman–Crippen LogP) is 3.26. The lowest BCUT2D eigenvalue weighted by atomic mass is 9.82. The summed E-state index contributed by atoms with van der Waals surface area (Å²) in [5.74, 6) is 0.0484. The van der Waals surface area contributed by atoms with Gasteiger partial charge in [0.25, 0.3) is 5.69 Å². The molecule has 1 heterocycles. The molecule has 0 aromatic heterocycles. The quantitative estimate of drug-likeness (QED) is 0.602. The number of carbonyl (C=O) groups excluding carboxylic acids is 1. The van der Waals surface area contributed by atoms with Crippen LogP contribution < -0.4 is 5.32 Å². The zero-order valence-corrected chi connectivity index (χ0v) is 15.6. The minimum atomic E-state index is -0.894. The molecule has 6 nitrogen and oxygen atoms in total. The van der Waals surface area contributed by atoms with Crippen LogP contribution >= 0.6 is 0 Å². The Labute approximate surface area is 159 Å². The summed E-state index contributed by atoms with van der Waals surface area (Å²) in [6, 6.07) is 16.4. The van der Waals surface area contributed by atoms with Crippen LogP contribution in [0, 0.1) is 10.1 Å². The summed E-state index contributed by atoms with van der Waals surface area (Å²) in [5.41, 5.74) is 1.06. The summed E-state index contributed by atoms with van der Waals surface area (Å²) in [7, 11) is 1.79. The van der Waals surface area contributed by atoms with E-state index in [1.165, 1.54) is 12.1 Å². The SMILES string of the molecule is CNC(CCc1ccccc1)(C(=O)N1CCCC1)c1ccc([N+](=O)[O-])cc1. The number of non-ortho nitro benzene ring substituents is 1. The van der Waals surface area contributed by atoms with Gasteiger partial charge < -0.3 is 10.2 Å². The second-order valence-corrected chi connectivity index (χ2v) is 6.94. The van der Waals surface area contributed by atoms with Crippen molar-refractivity contribution < 1.29 is 9.72 Å². The number of nitro groups is 1. The fourth-order valence-electron chi connectivity index (χ4n) is 3.79. The third kappa shape index (κ3) is 4.01. The number of benzene rings is 2. The number of amides is 1. The molecule has 1 unspecified atom stereocenters. The standard InChI is InChI=1S/C21H25N3O3/c1-22-21(20(25)23-15-5-6-16-23,14-13-17-7-3-2-4-8-17)18-9-11-19(12-10-18)24(26)27/h2-4,7-12,22H,5-6,13-16H2,1H3. The molecule has 3 rings (SSSR count). The van der Waals surface area contributed by atoms with E-state index in [4.69, 9.17) is 0 Å². The number of rotatable bonds is 7. The highest BCUT2D eigenvalue weighted by Gasteiger charge is 2.42. The van der Waals surface area contributed by atoms with E-state index in [9.17, 15) is 14.9 Å². The molecular formula is C21H25N3O3. The van der Waals surface area contributed by atoms with Crippen molar-refractivity contribution in [3.05, 3.63) is 75.8 Å². The van der Waals surface area contributed by atoms with Crippen LogP contribution in [-0.2, 0) is 16.8 Å². The Morgan fingerprint density at radius 2 is 1.74 bits per heavy atom. The van der Waals surface area contributed by atoms with Gasteiger partial charge in [-0.25, -0.2) is 0 Å². The van der Waals surface area contributed by atoms with E-state index in [0.717, 1.165) is 43.5 Å². The molecule has 1 atom stereocenters. The molecule has 1 saturated heterocycles. The minimum absolute atomic E-state index is 0.0282. The van der Waals surface area contributed by atoms with Gasteiger partial charge in [-0.2, -0.15) is 0 Å². The highest BCUT2D eigenvalue weighted by molar-refractivity contribution is 5.88. The molecule has 0 bridgehead atoms. The summed E-state index contributed by atoms with van der Waals surface area (Å²) >= 11 is 0. The van der Waals surface area contributed by atoms with Crippen LogP contribution in [0.2, 0.25) is 0 Å². The van der Waals surface area contributed by atoms with Gasteiger partial charge in [-0.3, -0.25) is 14.9 Å². The summed E-state index contributed by atoms with van der Waals surface area (Å²) in [5, 5.41) is 14.3. The van der Waals surface area contributed by atoms with E-state index in [-0.39, 0.29) is 11.6 Å². The number of aryl methyl sites for hydroxylation is 1. The monoisotopic (exact) mass is 367 g/mol. The number of hydrogen-bond donors (Lipinski definition) is 1. The first kappa shape index (κ1) is 19.0. The Morgan fingerprint density at radius 3 is 2.30 bits per heavy atom. The number of likely N-dealkylation sites (N-methyl/N-ethyl adjacent to an activating group) is 1. The van der Waals surface area contributed by atoms with Gasteiger partial charge in [0.15, 0.2) is 0 Å². The van der Waals surface area contributed by atoms with Gasteiger partial charge in [0.05, 0.1) is 4.92 Å². The highest BCUT2D eigenvalue weighted by Crippen LogP contribution is 2.32. The van der Waals surface area contributed by atoms with Crippen LogP contribution in [0.15, 0.2) is 54.6 Å². The fourth-order valence-corrected chi connectivity index (χ4v) is 3.79.